The molecule has 0 unspecified atom stereocenters. The Morgan fingerprint density at radius 3 is 2.40 bits per heavy atom. The summed E-state index contributed by atoms with van der Waals surface area (Å²) in [4.78, 5) is 7.90. The van der Waals surface area contributed by atoms with E-state index in [-0.39, 0.29) is 0 Å². The minimum absolute atomic E-state index is 0.399. The average molecular weight is 216 g/mol. The lowest BCUT2D eigenvalue weighted by molar-refractivity contribution is 0.163. The standard InChI is InChI=1S/C9H14F2N4/c1-3-12-8-6(2)9(15-5-14-8)13-4-7(10)11/h5,7H,3-4H2,1-2H3,(H2,12,13,14,15). The number of anilines is 2. The van der Waals surface area contributed by atoms with E-state index in [1.807, 2.05) is 6.92 Å². The van der Waals surface area contributed by atoms with Crippen LogP contribution in [0.3, 0.4) is 0 Å². The van der Waals surface area contributed by atoms with E-state index in [1.54, 1.807) is 6.92 Å². The molecule has 0 bridgehead atoms. The minimum atomic E-state index is -2.39. The van der Waals surface area contributed by atoms with Crippen LogP contribution >= 0.6 is 0 Å². The molecule has 1 heterocycles. The van der Waals surface area contributed by atoms with E-state index in [2.05, 4.69) is 20.6 Å². The van der Waals surface area contributed by atoms with Gasteiger partial charge in [-0.1, -0.05) is 0 Å². The maximum Gasteiger partial charge on any atom is 0.255 e. The van der Waals surface area contributed by atoms with E-state index in [1.165, 1.54) is 6.33 Å². The lowest BCUT2D eigenvalue weighted by Gasteiger charge is -2.11. The summed E-state index contributed by atoms with van der Waals surface area (Å²) >= 11 is 0. The van der Waals surface area contributed by atoms with Gasteiger partial charge in [0.15, 0.2) is 0 Å². The Kier molecular flexibility index (Phi) is 4.20. The quantitative estimate of drug-likeness (QED) is 0.789. The first-order chi connectivity index (χ1) is 7.15. The predicted octanol–water partition coefficient (Wildman–Crippen LogP) is 1.89. The van der Waals surface area contributed by atoms with E-state index >= 15 is 0 Å². The van der Waals surface area contributed by atoms with Crippen LogP contribution in [-0.2, 0) is 0 Å². The summed E-state index contributed by atoms with van der Waals surface area (Å²) in [5.74, 6) is 1.12. The molecular formula is C9H14F2N4. The van der Waals surface area contributed by atoms with Gasteiger partial charge in [0.05, 0.1) is 6.54 Å². The highest BCUT2D eigenvalue weighted by molar-refractivity contribution is 5.56. The highest BCUT2D eigenvalue weighted by Gasteiger charge is 2.08. The maximum absolute atomic E-state index is 12.0. The molecule has 0 amide bonds. The summed E-state index contributed by atoms with van der Waals surface area (Å²) in [7, 11) is 0. The Morgan fingerprint density at radius 2 is 1.87 bits per heavy atom. The van der Waals surface area contributed by atoms with Crippen molar-refractivity contribution >= 4 is 11.6 Å². The molecule has 0 aromatic carbocycles. The van der Waals surface area contributed by atoms with Crippen molar-refractivity contribution in [2.45, 2.75) is 20.3 Å². The molecule has 4 nitrogen and oxygen atoms in total. The van der Waals surface area contributed by atoms with Gasteiger partial charge in [0.1, 0.15) is 18.0 Å². The number of nitrogens with one attached hydrogen (secondary N) is 2. The van der Waals surface area contributed by atoms with Gasteiger partial charge < -0.3 is 10.6 Å². The monoisotopic (exact) mass is 216 g/mol. The first-order valence-corrected chi connectivity index (χ1v) is 4.72. The fourth-order valence-corrected chi connectivity index (χ4v) is 1.15. The summed E-state index contributed by atoms with van der Waals surface area (Å²) in [6.45, 7) is 4.05. The first kappa shape index (κ1) is 11.6. The van der Waals surface area contributed by atoms with Crippen LogP contribution in [0.25, 0.3) is 0 Å². The van der Waals surface area contributed by atoms with Gasteiger partial charge in [-0.15, -0.1) is 0 Å². The number of alkyl halides is 2. The molecule has 84 valence electrons. The number of aromatic nitrogens is 2. The number of halogens is 2. The molecule has 0 atom stereocenters. The highest BCUT2D eigenvalue weighted by Crippen LogP contribution is 2.17. The van der Waals surface area contributed by atoms with Crippen molar-refractivity contribution in [3.05, 3.63) is 11.9 Å². The van der Waals surface area contributed by atoms with Gasteiger partial charge >= 0.3 is 0 Å². The zero-order chi connectivity index (χ0) is 11.3. The van der Waals surface area contributed by atoms with Crippen LogP contribution in [0.2, 0.25) is 0 Å². The molecule has 6 heteroatoms. The van der Waals surface area contributed by atoms with Crippen LogP contribution in [0.15, 0.2) is 6.33 Å². The SMILES string of the molecule is CCNc1ncnc(NCC(F)F)c1C. The fraction of sp³-hybridized carbons (Fsp3) is 0.556. The van der Waals surface area contributed by atoms with Gasteiger partial charge in [-0.05, 0) is 13.8 Å². The molecule has 2 N–H and O–H groups in total. The third-order valence-electron chi connectivity index (χ3n) is 1.85. The third kappa shape index (κ3) is 3.30. The highest BCUT2D eigenvalue weighted by atomic mass is 19.3. The van der Waals surface area contributed by atoms with Crippen molar-refractivity contribution in [3.63, 3.8) is 0 Å². The lowest BCUT2D eigenvalue weighted by atomic mass is 10.3. The van der Waals surface area contributed by atoms with Crippen molar-refractivity contribution in [1.82, 2.24) is 9.97 Å². The molecule has 0 saturated heterocycles. The van der Waals surface area contributed by atoms with E-state index in [0.29, 0.717) is 11.6 Å². The third-order valence-corrected chi connectivity index (χ3v) is 1.85. The van der Waals surface area contributed by atoms with Crippen LogP contribution in [0.5, 0.6) is 0 Å². The maximum atomic E-state index is 12.0. The van der Waals surface area contributed by atoms with Crippen LogP contribution in [0.4, 0.5) is 20.4 Å². The molecular weight excluding hydrogens is 202 g/mol. The Balaban J connectivity index is 2.75. The van der Waals surface area contributed by atoms with Gasteiger partial charge in [-0.3, -0.25) is 0 Å². The number of hydrogen-bond donors (Lipinski definition) is 2. The van der Waals surface area contributed by atoms with Gasteiger partial charge in [0, 0.05) is 12.1 Å². The molecule has 0 radical (unpaired) electrons. The molecule has 15 heavy (non-hydrogen) atoms. The van der Waals surface area contributed by atoms with E-state index in [0.717, 1.165) is 12.1 Å². The van der Waals surface area contributed by atoms with Gasteiger partial charge in [0.25, 0.3) is 6.43 Å². The van der Waals surface area contributed by atoms with Gasteiger partial charge in [-0.25, -0.2) is 18.7 Å². The molecule has 0 aliphatic heterocycles. The summed E-state index contributed by atoms with van der Waals surface area (Å²) in [5, 5.41) is 5.60. The number of nitrogens with zero attached hydrogens (tertiary/aromatic N) is 2. The Bertz CT molecular complexity index is 317. The molecule has 0 aliphatic rings. The Hall–Kier alpha value is -1.46. The van der Waals surface area contributed by atoms with Crippen LogP contribution in [0, 0.1) is 6.92 Å². The van der Waals surface area contributed by atoms with E-state index in [9.17, 15) is 8.78 Å². The molecule has 0 spiro atoms. The van der Waals surface area contributed by atoms with Crippen molar-refractivity contribution < 1.29 is 8.78 Å². The van der Waals surface area contributed by atoms with Crippen LogP contribution in [-0.4, -0.2) is 29.5 Å². The molecule has 1 rings (SSSR count). The normalized spacial score (nSPS) is 10.5. The second-order valence-electron chi connectivity index (χ2n) is 3.00. The lowest BCUT2D eigenvalue weighted by Crippen LogP contribution is -2.13. The number of rotatable bonds is 5. The summed E-state index contributed by atoms with van der Waals surface area (Å²) in [6, 6.07) is 0. The van der Waals surface area contributed by atoms with Crippen LogP contribution in [0.1, 0.15) is 12.5 Å². The van der Waals surface area contributed by atoms with E-state index in [4.69, 9.17) is 0 Å². The Labute approximate surface area is 87.1 Å². The molecule has 1 aromatic heterocycles. The Morgan fingerprint density at radius 1 is 1.27 bits per heavy atom. The topological polar surface area (TPSA) is 49.8 Å². The average Bonchev–Trinajstić information content (AvgIpc) is 2.19. The van der Waals surface area contributed by atoms with Crippen molar-refractivity contribution in [2.75, 3.05) is 23.7 Å². The fourth-order valence-electron chi connectivity index (χ4n) is 1.15. The van der Waals surface area contributed by atoms with Gasteiger partial charge in [0.2, 0.25) is 0 Å². The first-order valence-electron chi connectivity index (χ1n) is 4.72. The van der Waals surface area contributed by atoms with Gasteiger partial charge in [-0.2, -0.15) is 0 Å². The minimum Gasteiger partial charge on any atom is -0.370 e. The molecule has 0 aliphatic carbocycles. The number of hydrogen-bond acceptors (Lipinski definition) is 4. The van der Waals surface area contributed by atoms with E-state index < -0.39 is 13.0 Å². The largest absolute Gasteiger partial charge is 0.370 e. The smallest absolute Gasteiger partial charge is 0.255 e. The summed E-state index contributed by atoms with van der Waals surface area (Å²) in [6.07, 6.45) is -1.04. The molecule has 1 aromatic rings. The van der Waals surface area contributed by atoms with Crippen molar-refractivity contribution in [2.24, 2.45) is 0 Å². The van der Waals surface area contributed by atoms with Crippen LogP contribution < -0.4 is 10.6 Å². The molecule has 0 saturated carbocycles. The second kappa shape index (κ2) is 5.43. The zero-order valence-electron chi connectivity index (χ0n) is 8.72. The molecule has 0 fully saturated rings. The summed E-state index contributed by atoms with van der Waals surface area (Å²) in [5.41, 5.74) is 0.750. The van der Waals surface area contributed by atoms with Crippen molar-refractivity contribution in [3.8, 4) is 0 Å². The van der Waals surface area contributed by atoms with Crippen molar-refractivity contribution in [1.29, 1.82) is 0 Å². The summed E-state index contributed by atoms with van der Waals surface area (Å²) < 4.78 is 24.0. The predicted molar refractivity (Wildman–Crippen MR) is 55.4 cm³/mol. The zero-order valence-corrected chi connectivity index (χ0v) is 8.72. The second-order valence-corrected chi connectivity index (χ2v) is 3.00.